The number of nitrogens with zero attached hydrogens (tertiary/aromatic N) is 1. The Morgan fingerprint density at radius 1 is 0.900 bits per heavy atom. The molecule has 0 radical (unpaired) electrons. The van der Waals surface area contributed by atoms with Gasteiger partial charge in [0.05, 0.1) is 10.8 Å². The molecule has 104 valence electrons. The molecule has 0 saturated carbocycles. The van der Waals surface area contributed by atoms with Crippen molar-refractivity contribution < 1.29 is 0 Å². The van der Waals surface area contributed by atoms with Gasteiger partial charge in [-0.3, -0.25) is 24.5 Å². The molecule has 3 aromatic rings. The number of hydrogen-bond acceptors (Lipinski definition) is 5. The molecule has 0 aromatic carbocycles. The van der Waals surface area contributed by atoms with Gasteiger partial charge in [-0.15, -0.1) is 0 Å². The van der Waals surface area contributed by atoms with Crippen molar-refractivity contribution in [3.05, 3.63) is 58.7 Å². The van der Waals surface area contributed by atoms with Gasteiger partial charge >= 0.3 is 11.4 Å². The van der Waals surface area contributed by atoms with Crippen molar-refractivity contribution in [1.82, 2.24) is 29.9 Å². The molecule has 0 aliphatic rings. The van der Waals surface area contributed by atoms with Crippen molar-refractivity contribution in [1.29, 1.82) is 0 Å². The van der Waals surface area contributed by atoms with Crippen LogP contribution in [0.4, 0.5) is 0 Å². The quantitative estimate of drug-likeness (QED) is 0.345. The predicted molar refractivity (Wildman–Crippen MR) is 72.7 cm³/mol. The highest BCUT2D eigenvalue weighted by atomic mass is 79.9. The zero-order chi connectivity index (χ0) is 14.7. The van der Waals surface area contributed by atoms with Crippen molar-refractivity contribution in [3.8, 4) is 0 Å². The Balaban J connectivity index is 0.000000151. The SMILES string of the molecule is O=c1[nH]c(=O)c2[nH]cnc2[nH]1.O=c1[nH]cc(Br)c(=O)[nH]1. The summed E-state index contributed by atoms with van der Waals surface area (Å²) in [5.74, 6) is 0. The lowest BCUT2D eigenvalue weighted by atomic mass is 10.5. The van der Waals surface area contributed by atoms with Crippen LogP contribution in [0.15, 0.2) is 36.2 Å². The Bertz CT molecular complexity index is 961. The average Bonchev–Trinajstić information content (AvgIpc) is 2.83. The van der Waals surface area contributed by atoms with Gasteiger partial charge in [-0.2, -0.15) is 0 Å². The molecule has 0 aliphatic carbocycles. The van der Waals surface area contributed by atoms with E-state index in [0.717, 1.165) is 0 Å². The Morgan fingerprint density at radius 2 is 1.60 bits per heavy atom. The van der Waals surface area contributed by atoms with E-state index in [0.29, 0.717) is 4.47 Å². The maximum atomic E-state index is 10.9. The number of nitrogens with one attached hydrogen (secondary N) is 5. The fourth-order valence-corrected chi connectivity index (χ4v) is 1.47. The largest absolute Gasteiger partial charge is 0.339 e. The summed E-state index contributed by atoms with van der Waals surface area (Å²) in [7, 11) is 0. The standard InChI is InChI=1S/C5H4N4O2.C4H3BrN2O2/c10-4-2-3(7-1-6-2)8-5(11)9-4;5-2-1-6-4(9)7-3(2)8/h1H,(H3,6,7,8,9,10,11);1H,(H2,6,7,8,9). The molecule has 3 heterocycles. The number of rotatable bonds is 0. The lowest BCUT2D eigenvalue weighted by Crippen LogP contribution is -2.21. The molecule has 0 saturated heterocycles. The van der Waals surface area contributed by atoms with Crippen LogP contribution in [0, 0.1) is 0 Å². The summed E-state index contributed by atoms with van der Waals surface area (Å²) in [6, 6.07) is 0. The maximum Gasteiger partial charge on any atom is 0.327 e. The van der Waals surface area contributed by atoms with Crippen LogP contribution in [0.5, 0.6) is 0 Å². The van der Waals surface area contributed by atoms with Crippen LogP contribution in [-0.4, -0.2) is 29.9 Å². The zero-order valence-electron chi connectivity index (χ0n) is 9.61. The fourth-order valence-electron chi connectivity index (χ4n) is 1.26. The normalized spacial score (nSPS) is 10.1. The van der Waals surface area contributed by atoms with Gasteiger partial charge in [0.1, 0.15) is 5.52 Å². The third-order valence-corrected chi connectivity index (χ3v) is 2.69. The molecule has 0 bridgehead atoms. The fraction of sp³-hybridized carbons (Fsp3) is 0. The van der Waals surface area contributed by atoms with Crippen LogP contribution in [0.2, 0.25) is 0 Å². The molecule has 0 amide bonds. The topological polar surface area (TPSA) is 160 Å². The molecular weight excluding hydrogens is 336 g/mol. The summed E-state index contributed by atoms with van der Waals surface area (Å²) >= 11 is 2.92. The van der Waals surface area contributed by atoms with E-state index in [9.17, 15) is 19.2 Å². The maximum absolute atomic E-state index is 10.9. The predicted octanol–water partition coefficient (Wildman–Crippen LogP) is -1.23. The summed E-state index contributed by atoms with van der Waals surface area (Å²) in [6.45, 7) is 0. The monoisotopic (exact) mass is 342 g/mol. The number of halogens is 1. The highest BCUT2D eigenvalue weighted by Gasteiger charge is 1.99. The van der Waals surface area contributed by atoms with E-state index in [4.69, 9.17) is 0 Å². The first-order chi connectivity index (χ1) is 9.47. The molecule has 5 N–H and O–H groups in total. The Labute approximate surface area is 116 Å². The van der Waals surface area contributed by atoms with Crippen molar-refractivity contribution in [2.24, 2.45) is 0 Å². The van der Waals surface area contributed by atoms with E-state index < -0.39 is 22.5 Å². The van der Waals surface area contributed by atoms with E-state index in [1.54, 1.807) is 0 Å². The molecule has 11 heteroatoms. The lowest BCUT2D eigenvalue weighted by Gasteiger charge is -1.83. The first-order valence-electron chi connectivity index (χ1n) is 5.10. The van der Waals surface area contributed by atoms with Crippen LogP contribution < -0.4 is 22.5 Å². The van der Waals surface area contributed by atoms with Crippen molar-refractivity contribution in [3.63, 3.8) is 0 Å². The summed E-state index contributed by atoms with van der Waals surface area (Å²) in [4.78, 5) is 57.4. The van der Waals surface area contributed by atoms with Gasteiger partial charge < -0.3 is 9.97 Å². The minimum atomic E-state index is -0.547. The van der Waals surface area contributed by atoms with E-state index >= 15 is 0 Å². The molecule has 3 rings (SSSR count). The van der Waals surface area contributed by atoms with Crippen molar-refractivity contribution >= 4 is 27.1 Å². The highest BCUT2D eigenvalue weighted by Crippen LogP contribution is 1.93. The molecule has 0 atom stereocenters. The number of aromatic amines is 5. The smallest absolute Gasteiger partial charge is 0.327 e. The van der Waals surface area contributed by atoms with E-state index in [2.05, 4.69) is 40.8 Å². The van der Waals surface area contributed by atoms with Gasteiger partial charge in [0.15, 0.2) is 5.65 Å². The van der Waals surface area contributed by atoms with Gasteiger partial charge in [0.25, 0.3) is 11.1 Å². The summed E-state index contributed by atoms with van der Waals surface area (Å²) in [5.41, 5.74) is -1.36. The Kier molecular flexibility index (Phi) is 3.79. The Hall–Kier alpha value is -2.69. The van der Waals surface area contributed by atoms with E-state index in [1.165, 1.54) is 12.5 Å². The summed E-state index contributed by atoms with van der Waals surface area (Å²) < 4.78 is 0.321. The number of H-pyrrole nitrogens is 5. The Morgan fingerprint density at radius 3 is 2.25 bits per heavy atom. The van der Waals surface area contributed by atoms with Crippen LogP contribution in [0.1, 0.15) is 0 Å². The number of fused-ring (bicyclic) bond motifs is 1. The van der Waals surface area contributed by atoms with Crippen LogP contribution in [0.25, 0.3) is 11.2 Å². The molecule has 0 fully saturated rings. The minimum Gasteiger partial charge on any atom is -0.339 e. The average molecular weight is 343 g/mol. The molecule has 0 spiro atoms. The summed E-state index contributed by atoms with van der Waals surface area (Å²) in [5, 5.41) is 0. The van der Waals surface area contributed by atoms with Gasteiger partial charge in [-0.1, -0.05) is 0 Å². The van der Waals surface area contributed by atoms with Gasteiger partial charge in [0, 0.05) is 6.20 Å². The van der Waals surface area contributed by atoms with E-state index in [1.807, 2.05) is 4.98 Å². The number of hydrogen-bond donors (Lipinski definition) is 5. The van der Waals surface area contributed by atoms with Crippen molar-refractivity contribution in [2.45, 2.75) is 0 Å². The lowest BCUT2D eigenvalue weighted by molar-refractivity contribution is 1.02. The second kappa shape index (κ2) is 5.52. The van der Waals surface area contributed by atoms with Gasteiger partial charge in [0.2, 0.25) is 0 Å². The second-order valence-corrected chi connectivity index (χ2v) is 4.31. The van der Waals surface area contributed by atoms with Crippen LogP contribution >= 0.6 is 15.9 Å². The molecule has 10 nitrogen and oxygen atoms in total. The van der Waals surface area contributed by atoms with Gasteiger partial charge in [-0.05, 0) is 15.9 Å². The molecule has 0 unspecified atom stereocenters. The number of aromatic nitrogens is 6. The number of imidazole rings is 1. The molecule has 20 heavy (non-hydrogen) atoms. The minimum absolute atomic E-state index is 0.277. The van der Waals surface area contributed by atoms with Crippen molar-refractivity contribution in [2.75, 3.05) is 0 Å². The summed E-state index contributed by atoms with van der Waals surface area (Å²) in [6.07, 6.45) is 2.64. The third kappa shape index (κ3) is 3.00. The van der Waals surface area contributed by atoms with E-state index in [-0.39, 0.29) is 11.2 Å². The zero-order valence-corrected chi connectivity index (χ0v) is 11.2. The second-order valence-electron chi connectivity index (χ2n) is 3.45. The molecule has 0 aliphatic heterocycles. The first kappa shape index (κ1) is 13.7. The highest BCUT2D eigenvalue weighted by molar-refractivity contribution is 9.10. The van der Waals surface area contributed by atoms with Crippen LogP contribution in [-0.2, 0) is 0 Å². The molecule has 3 aromatic heterocycles. The molecular formula is C9H7BrN6O4. The van der Waals surface area contributed by atoms with Gasteiger partial charge in [-0.25, -0.2) is 14.6 Å². The van der Waals surface area contributed by atoms with Crippen LogP contribution in [0.3, 0.4) is 0 Å². The first-order valence-corrected chi connectivity index (χ1v) is 5.90. The third-order valence-electron chi connectivity index (χ3n) is 2.10.